The summed E-state index contributed by atoms with van der Waals surface area (Å²) in [7, 11) is 0. The van der Waals surface area contributed by atoms with Gasteiger partial charge in [0.15, 0.2) is 4.88 Å². The summed E-state index contributed by atoms with van der Waals surface area (Å²) in [6.07, 6.45) is 0. The number of carboxylic acids is 1. The second-order valence-electron chi connectivity index (χ2n) is 3.14. The van der Waals surface area contributed by atoms with E-state index in [1.807, 2.05) is 0 Å². The van der Waals surface area contributed by atoms with Gasteiger partial charge in [0, 0.05) is 6.07 Å². The largest absolute Gasteiger partial charge is 0.485 e. The maximum Gasteiger partial charge on any atom is 0.349 e. The Morgan fingerprint density at radius 3 is 3.12 bits per heavy atom. The van der Waals surface area contributed by atoms with Crippen LogP contribution in [0.15, 0.2) is 22.0 Å². The van der Waals surface area contributed by atoms with Crippen LogP contribution in [0.2, 0.25) is 0 Å². The molecule has 0 aliphatic carbocycles. The number of carbonyl (C=O) groups is 1. The average Bonchev–Trinajstić information content (AvgIpc) is 2.83. The molecule has 1 N–H and O–H groups in total. The number of hydrogen-bond acceptors (Lipinski definition) is 5. The van der Waals surface area contributed by atoms with E-state index < -0.39 is 5.97 Å². The quantitative estimate of drug-likeness (QED) is 0.886. The lowest BCUT2D eigenvalue weighted by molar-refractivity contribution is 0.0697. The molecule has 84 valence electrons. The highest BCUT2D eigenvalue weighted by molar-refractivity contribution is 7.12. The summed E-state index contributed by atoms with van der Waals surface area (Å²) >= 11 is 1.13. The van der Waals surface area contributed by atoms with Gasteiger partial charge in [0.05, 0.1) is 0 Å². The van der Waals surface area contributed by atoms with Gasteiger partial charge in [-0.05, 0) is 18.4 Å². The molecule has 0 bridgehead atoms. The average molecular weight is 239 g/mol. The number of thiophene rings is 1. The first-order valence-electron chi connectivity index (χ1n) is 4.52. The molecule has 0 aliphatic heterocycles. The van der Waals surface area contributed by atoms with Gasteiger partial charge in [-0.15, -0.1) is 11.3 Å². The van der Waals surface area contributed by atoms with Crippen LogP contribution in [0.25, 0.3) is 0 Å². The maximum absolute atomic E-state index is 10.8. The number of ether oxygens (including phenoxy) is 1. The third-order valence-electron chi connectivity index (χ3n) is 1.88. The summed E-state index contributed by atoms with van der Waals surface area (Å²) in [5, 5.41) is 14.3. The van der Waals surface area contributed by atoms with E-state index in [0.717, 1.165) is 11.3 Å². The fourth-order valence-electron chi connectivity index (χ4n) is 1.20. The van der Waals surface area contributed by atoms with Gasteiger partial charge in [0.2, 0.25) is 0 Å². The van der Waals surface area contributed by atoms with Gasteiger partial charge in [-0.2, -0.15) is 0 Å². The lowest BCUT2D eigenvalue weighted by atomic mass is 10.4. The van der Waals surface area contributed by atoms with Crippen LogP contribution in [0.1, 0.15) is 21.1 Å². The molecule has 0 fully saturated rings. The molecule has 0 atom stereocenters. The molecule has 0 spiro atoms. The lowest BCUT2D eigenvalue weighted by Gasteiger charge is -2.01. The summed E-state index contributed by atoms with van der Waals surface area (Å²) in [5.41, 5.74) is 0.639. The molecule has 6 heteroatoms. The molecule has 2 aromatic rings. The Morgan fingerprint density at radius 2 is 2.50 bits per heavy atom. The first-order chi connectivity index (χ1) is 7.66. The molecular formula is C10H9NO4S. The Kier molecular flexibility index (Phi) is 2.91. The Balaban J connectivity index is 2.04. The van der Waals surface area contributed by atoms with Gasteiger partial charge in [0.1, 0.15) is 23.8 Å². The standard InChI is InChI=1S/C10H9NO4S/c1-6-4-7(11-15-6)5-14-8-2-3-16-9(8)10(12)13/h2-4H,5H2,1H3,(H,12,13). The van der Waals surface area contributed by atoms with Crippen molar-refractivity contribution in [2.75, 3.05) is 0 Å². The van der Waals surface area contributed by atoms with Crippen molar-refractivity contribution >= 4 is 17.3 Å². The number of nitrogens with zero attached hydrogens (tertiary/aromatic N) is 1. The number of carboxylic acid groups (broad SMARTS) is 1. The van der Waals surface area contributed by atoms with Crippen molar-refractivity contribution in [3.05, 3.63) is 33.8 Å². The molecule has 2 aromatic heterocycles. The molecule has 0 aromatic carbocycles. The van der Waals surface area contributed by atoms with Gasteiger partial charge in [-0.1, -0.05) is 5.16 Å². The van der Waals surface area contributed by atoms with Crippen LogP contribution >= 0.6 is 11.3 Å². The van der Waals surface area contributed by atoms with Crippen molar-refractivity contribution in [3.8, 4) is 5.75 Å². The number of aromatic nitrogens is 1. The highest BCUT2D eigenvalue weighted by Gasteiger charge is 2.13. The third-order valence-corrected chi connectivity index (χ3v) is 2.76. The molecule has 0 aliphatic rings. The molecule has 2 heterocycles. The minimum absolute atomic E-state index is 0.195. The molecule has 2 rings (SSSR count). The van der Waals surface area contributed by atoms with Crippen molar-refractivity contribution in [3.63, 3.8) is 0 Å². The van der Waals surface area contributed by atoms with Crippen molar-refractivity contribution in [1.82, 2.24) is 5.16 Å². The molecule has 0 saturated carbocycles. The summed E-state index contributed by atoms with van der Waals surface area (Å²) < 4.78 is 10.2. The van der Waals surface area contributed by atoms with Gasteiger partial charge >= 0.3 is 5.97 Å². The highest BCUT2D eigenvalue weighted by Crippen LogP contribution is 2.25. The van der Waals surface area contributed by atoms with Gasteiger partial charge in [0.25, 0.3) is 0 Å². The van der Waals surface area contributed by atoms with E-state index in [0.29, 0.717) is 17.2 Å². The predicted octanol–water partition coefficient (Wildman–Crippen LogP) is 2.32. The molecular weight excluding hydrogens is 230 g/mol. The first-order valence-corrected chi connectivity index (χ1v) is 5.40. The molecule has 0 unspecified atom stereocenters. The van der Waals surface area contributed by atoms with Crippen LogP contribution in [0.3, 0.4) is 0 Å². The molecule has 0 amide bonds. The molecule has 0 saturated heterocycles. The van der Waals surface area contributed by atoms with E-state index >= 15 is 0 Å². The monoisotopic (exact) mass is 239 g/mol. The normalized spacial score (nSPS) is 10.3. The van der Waals surface area contributed by atoms with E-state index in [9.17, 15) is 4.79 Å². The summed E-state index contributed by atoms with van der Waals surface area (Å²) in [6, 6.07) is 3.37. The smallest absolute Gasteiger partial charge is 0.349 e. The zero-order valence-corrected chi connectivity index (χ0v) is 9.28. The van der Waals surface area contributed by atoms with E-state index in [2.05, 4.69) is 5.16 Å². The van der Waals surface area contributed by atoms with E-state index in [1.54, 1.807) is 24.4 Å². The van der Waals surface area contributed by atoms with Crippen molar-refractivity contribution in [2.45, 2.75) is 13.5 Å². The Labute approximate surface area is 95.3 Å². The zero-order valence-electron chi connectivity index (χ0n) is 8.47. The van der Waals surface area contributed by atoms with Crippen LogP contribution < -0.4 is 4.74 Å². The Bertz CT molecular complexity index is 502. The number of rotatable bonds is 4. The fourth-order valence-corrected chi connectivity index (χ4v) is 1.88. The van der Waals surface area contributed by atoms with Gasteiger partial charge < -0.3 is 14.4 Å². The van der Waals surface area contributed by atoms with Crippen molar-refractivity contribution < 1.29 is 19.2 Å². The maximum atomic E-state index is 10.8. The topological polar surface area (TPSA) is 72.6 Å². The van der Waals surface area contributed by atoms with Crippen LogP contribution in [0.5, 0.6) is 5.75 Å². The zero-order chi connectivity index (χ0) is 11.5. The second kappa shape index (κ2) is 4.36. The summed E-state index contributed by atoms with van der Waals surface area (Å²) in [4.78, 5) is 11.0. The number of aryl methyl sites for hydroxylation is 1. The predicted molar refractivity (Wildman–Crippen MR) is 56.9 cm³/mol. The number of aromatic carboxylic acids is 1. The minimum atomic E-state index is -0.985. The fraction of sp³-hybridized carbons (Fsp3) is 0.200. The Morgan fingerprint density at radius 1 is 1.69 bits per heavy atom. The number of hydrogen-bond donors (Lipinski definition) is 1. The van der Waals surface area contributed by atoms with E-state index in [-0.39, 0.29) is 11.5 Å². The van der Waals surface area contributed by atoms with Gasteiger partial charge in [-0.3, -0.25) is 0 Å². The first kappa shape index (κ1) is 10.7. The highest BCUT2D eigenvalue weighted by atomic mass is 32.1. The van der Waals surface area contributed by atoms with Crippen molar-refractivity contribution in [1.29, 1.82) is 0 Å². The lowest BCUT2D eigenvalue weighted by Crippen LogP contribution is -2.00. The minimum Gasteiger partial charge on any atom is -0.485 e. The van der Waals surface area contributed by atoms with E-state index in [1.165, 1.54) is 0 Å². The second-order valence-corrected chi connectivity index (χ2v) is 4.05. The summed E-state index contributed by atoms with van der Waals surface area (Å²) in [6.45, 7) is 1.98. The van der Waals surface area contributed by atoms with Crippen molar-refractivity contribution in [2.24, 2.45) is 0 Å². The third kappa shape index (κ3) is 2.22. The van der Waals surface area contributed by atoms with Crippen LogP contribution in [-0.4, -0.2) is 16.2 Å². The summed E-state index contributed by atoms with van der Waals surface area (Å²) in [5.74, 6) is 0.0712. The van der Waals surface area contributed by atoms with Crippen LogP contribution in [-0.2, 0) is 6.61 Å². The van der Waals surface area contributed by atoms with Crippen LogP contribution in [0, 0.1) is 6.92 Å². The molecule has 16 heavy (non-hydrogen) atoms. The van der Waals surface area contributed by atoms with Crippen LogP contribution in [0.4, 0.5) is 0 Å². The SMILES string of the molecule is Cc1cc(COc2ccsc2C(=O)O)no1. The molecule has 5 nitrogen and oxygen atoms in total. The van der Waals surface area contributed by atoms with Gasteiger partial charge in [-0.25, -0.2) is 4.79 Å². The molecule has 0 radical (unpaired) electrons. The van der Waals surface area contributed by atoms with E-state index in [4.69, 9.17) is 14.4 Å². The Hall–Kier alpha value is -1.82.